The largest absolute Gasteiger partial charge is 0.341 e. The van der Waals surface area contributed by atoms with Crippen molar-refractivity contribution in [3.8, 4) is 0 Å². The molecule has 0 spiro atoms. The first-order chi connectivity index (χ1) is 16.1. The van der Waals surface area contributed by atoms with Crippen LogP contribution in [0.25, 0.3) is 0 Å². The van der Waals surface area contributed by atoms with Crippen LogP contribution in [-0.4, -0.2) is 58.4 Å². The highest BCUT2D eigenvalue weighted by atomic mass is 15.5. The predicted molar refractivity (Wildman–Crippen MR) is 132 cm³/mol. The maximum Gasteiger partial charge on any atom is 0.244 e. The zero-order valence-corrected chi connectivity index (χ0v) is 18.7. The van der Waals surface area contributed by atoms with Crippen LogP contribution in [0.2, 0.25) is 0 Å². The summed E-state index contributed by atoms with van der Waals surface area (Å²) >= 11 is 0. The van der Waals surface area contributed by atoms with Crippen molar-refractivity contribution in [1.29, 1.82) is 0 Å². The summed E-state index contributed by atoms with van der Waals surface area (Å²) in [6.45, 7) is 6.01. The van der Waals surface area contributed by atoms with E-state index in [2.05, 4.69) is 43.0 Å². The molecule has 4 aliphatic rings. The van der Waals surface area contributed by atoms with Crippen LogP contribution in [0.5, 0.6) is 0 Å². The van der Waals surface area contributed by atoms with E-state index in [9.17, 15) is 0 Å². The van der Waals surface area contributed by atoms with Crippen molar-refractivity contribution in [3.05, 3.63) is 70.8 Å². The van der Waals surface area contributed by atoms with Crippen LogP contribution in [-0.2, 0) is 0 Å². The smallest absolute Gasteiger partial charge is 0.244 e. The van der Waals surface area contributed by atoms with Crippen LogP contribution in [0.4, 0.5) is 0 Å². The number of piperidine rings is 1. The minimum absolute atomic E-state index is 0.487. The van der Waals surface area contributed by atoms with Gasteiger partial charge in [0.25, 0.3) is 0 Å². The van der Waals surface area contributed by atoms with Gasteiger partial charge in [-0.3, -0.25) is 0 Å². The van der Waals surface area contributed by atoms with Crippen molar-refractivity contribution >= 4 is 35.5 Å². The molecule has 1 saturated heterocycles. The number of aryl methyl sites for hydroxylation is 2. The Morgan fingerprint density at radius 2 is 0.970 bits per heavy atom. The Morgan fingerprint density at radius 3 is 1.52 bits per heavy atom. The third kappa shape index (κ3) is 3.67. The molecular formula is C25H24N8. The van der Waals surface area contributed by atoms with E-state index in [0.717, 1.165) is 37.1 Å². The number of benzene rings is 2. The molecule has 0 atom stereocenters. The molecule has 8 heteroatoms. The number of nitrogens with zero attached hydrogens (tertiary/aromatic N) is 8. The first-order valence-electron chi connectivity index (χ1n) is 11.4. The zero-order valence-electron chi connectivity index (χ0n) is 18.7. The Balaban J connectivity index is 1.48. The first kappa shape index (κ1) is 19.7. The molecule has 0 aliphatic carbocycles. The number of amidine groups is 2. The molecule has 0 radical (unpaired) electrons. The second kappa shape index (κ2) is 7.88. The van der Waals surface area contributed by atoms with Gasteiger partial charge in [0.1, 0.15) is 0 Å². The van der Waals surface area contributed by atoms with E-state index in [4.69, 9.17) is 30.0 Å². The molecule has 0 N–H and O–H groups in total. The van der Waals surface area contributed by atoms with Gasteiger partial charge < -0.3 is 4.90 Å². The second-order valence-electron chi connectivity index (χ2n) is 8.63. The Bertz CT molecular complexity index is 1240. The molecule has 2 aromatic carbocycles. The van der Waals surface area contributed by atoms with Gasteiger partial charge in [0.15, 0.2) is 11.7 Å². The van der Waals surface area contributed by atoms with Gasteiger partial charge in [0, 0.05) is 24.2 Å². The highest BCUT2D eigenvalue weighted by Gasteiger charge is 2.36. The average Bonchev–Trinajstić information content (AvgIpc) is 2.85. The van der Waals surface area contributed by atoms with Gasteiger partial charge in [-0.05, 0) is 33.1 Å². The van der Waals surface area contributed by atoms with Crippen molar-refractivity contribution in [2.24, 2.45) is 30.0 Å². The van der Waals surface area contributed by atoms with E-state index >= 15 is 0 Å². The van der Waals surface area contributed by atoms with E-state index in [-0.39, 0.29) is 0 Å². The molecule has 0 bridgehead atoms. The van der Waals surface area contributed by atoms with Gasteiger partial charge in [0.05, 0.1) is 0 Å². The summed E-state index contributed by atoms with van der Waals surface area (Å²) in [6, 6.07) is 16.3. The standard InChI is InChI=1S/C25H24N8/c1-16-6-10-18(11-7-16)20-26-23-27-21(19-12-8-17(2)9-13-19)29-25-31-22(30-24(28-20)33(23)25)32-14-4-3-5-15-32/h6-13H,3-5,14-15H2,1-2H3. The van der Waals surface area contributed by atoms with Gasteiger partial charge >= 0.3 is 0 Å². The lowest BCUT2D eigenvalue weighted by atomic mass is 10.1. The molecule has 33 heavy (non-hydrogen) atoms. The summed E-state index contributed by atoms with van der Waals surface area (Å²) in [7, 11) is 0. The Labute approximate surface area is 192 Å². The number of likely N-dealkylation sites (tertiary alicyclic amines) is 1. The molecule has 2 aromatic rings. The fraction of sp³-hybridized carbons (Fsp3) is 0.280. The van der Waals surface area contributed by atoms with E-state index in [1.54, 1.807) is 4.90 Å². The number of rotatable bonds is 2. The molecule has 164 valence electrons. The fourth-order valence-corrected chi connectivity index (χ4v) is 4.17. The molecule has 4 aliphatic heterocycles. The van der Waals surface area contributed by atoms with Crippen molar-refractivity contribution in [3.63, 3.8) is 0 Å². The van der Waals surface area contributed by atoms with Crippen molar-refractivity contribution in [1.82, 2.24) is 9.80 Å². The van der Waals surface area contributed by atoms with Crippen molar-refractivity contribution < 1.29 is 0 Å². The normalized spacial score (nSPS) is 19.6. The fourth-order valence-electron chi connectivity index (χ4n) is 4.17. The molecule has 4 heterocycles. The maximum atomic E-state index is 4.81. The second-order valence-corrected chi connectivity index (χ2v) is 8.63. The molecule has 0 amide bonds. The first-order valence-corrected chi connectivity index (χ1v) is 11.4. The van der Waals surface area contributed by atoms with Gasteiger partial charge in [-0.1, -0.05) is 59.7 Å². The summed E-state index contributed by atoms with van der Waals surface area (Å²) in [5, 5.41) is 0. The van der Waals surface area contributed by atoms with Crippen molar-refractivity contribution in [2.45, 2.75) is 33.1 Å². The lowest BCUT2D eigenvalue weighted by Gasteiger charge is -2.34. The van der Waals surface area contributed by atoms with Gasteiger partial charge in [0.2, 0.25) is 23.8 Å². The van der Waals surface area contributed by atoms with E-state index in [1.807, 2.05) is 24.3 Å². The molecule has 1 fully saturated rings. The van der Waals surface area contributed by atoms with E-state index in [0.29, 0.717) is 35.5 Å². The quantitative estimate of drug-likeness (QED) is 0.719. The summed E-state index contributed by atoms with van der Waals surface area (Å²) < 4.78 is 0. The SMILES string of the molecule is Cc1ccc(C2=NC3=NC(c4ccc(C)cc4)=NC4=NC(N5CCCCC5)=NC(=N2)N34)cc1. The van der Waals surface area contributed by atoms with Crippen LogP contribution >= 0.6 is 0 Å². The molecular weight excluding hydrogens is 412 g/mol. The van der Waals surface area contributed by atoms with Crippen LogP contribution in [0.1, 0.15) is 41.5 Å². The maximum absolute atomic E-state index is 4.81. The number of hydrogen-bond acceptors (Lipinski definition) is 8. The highest BCUT2D eigenvalue weighted by molar-refractivity contribution is 6.32. The van der Waals surface area contributed by atoms with Gasteiger partial charge in [-0.2, -0.15) is 30.0 Å². The Hall–Kier alpha value is -3.94. The lowest BCUT2D eigenvalue weighted by Crippen LogP contribution is -2.50. The Kier molecular flexibility index (Phi) is 4.71. The van der Waals surface area contributed by atoms with Gasteiger partial charge in [-0.25, -0.2) is 4.90 Å². The third-order valence-corrected chi connectivity index (χ3v) is 6.08. The number of aliphatic imine (C=N–C) groups is 6. The number of hydrogen-bond donors (Lipinski definition) is 0. The molecule has 0 aromatic heterocycles. The topological polar surface area (TPSA) is 80.6 Å². The molecule has 8 nitrogen and oxygen atoms in total. The summed E-state index contributed by atoms with van der Waals surface area (Å²) in [4.78, 5) is 32.7. The minimum Gasteiger partial charge on any atom is -0.341 e. The molecule has 0 saturated carbocycles. The molecule has 6 rings (SSSR count). The summed E-state index contributed by atoms with van der Waals surface area (Å²) in [5.41, 5.74) is 4.22. The van der Waals surface area contributed by atoms with Crippen LogP contribution in [0.3, 0.4) is 0 Å². The number of guanidine groups is 4. The summed E-state index contributed by atoms with van der Waals surface area (Å²) in [6.07, 6.45) is 3.52. The minimum atomic E-state index is 0.487. The third-order valence-electron chi connectivity index (χ3n) is 6.08. The summed E-state index contributed by atoms with van der Waals surface area (Å²) in [5.74, 6) is 3.36. The Morgan fingerprint density at radius 1 is 0.515 bits per heavy atom. The van der Waals surface area contributed by atoms with E-state index < -0.39 is 0 Å². The zero-order chi connectivity index (χ0) is 22.4. The monoisotopic (exact) mass is 436 g/mol. The highest BCUT2D eigenvalue weighted by Crippen LogP contribution is 2.23. The van der Waals surface area contributed by atoms with Gasteiger partial charge in [-0.15, -0.1) is 0 Å². The lowest BCUT2D eigenvalue weighted by molar-refractivity contribution is 0.339. The predicted octanol–water partition coefficient (Wildman–Crippen LogP) is 3.75. The van der Waals surface area contributed by atoms with Crippen LogP contribution in [0, 0.1) is 13.8 Å². The van der Waals surface area contributed by atoms with E-state index in [1.165, 1.54) is 17.5 Å². The van der Waals surface area contributed by atoms with Crippen LogP contribution in [0.15, 0.2) is 78.5 Å². The average molecular weight is 437 g/mol. The van der Waals surface area contributed by atoms with Crippen LogP contribution < -0.4 is 0 Å². The molecule has 0 unspecified atom stereocenters. The van der Waals surface area contributed by atoms with Crippen molar-refractivity contribution in [2.75, 3.05) is 13.1 Å².